The second kappa shape index (κ2) is 7.77. The number of amides is 1. The highest BCUT2D eigenvalue weighted by atomic mass is 35.5. The number of halogens is 1. The number of aromatic nitrogens is 1. The molecule has 24 heavy (non-hydrogen) atoms. The Morgan fingerprint density at radius 1 is 1.50 bits per heavy atom. The molecule has 7 heteroatoms. The zero-order chi connectivity index (χ0) is 17.7. The maximum atomic E-state index is 12.5. The van der Waals surface area contributed by atoms with Crippen LogP contribution < -0.4 is 0 Å². The summed E-state index contributed by atoms with van der Waals surface area (Å²) in [5, 5.41) is 9.66. The van der Waals surface area contributed by atoms with Gasteiger partial charge in [-0.15, -0.1) is 4.58 Å². The predicted molar refractivity (Wildman–Crippen MR) is 92.4 cm³/mol. The lowest BCUT2D eigenvalue weighted by Crippen LogP contribution is -2.43. The summed E-state index contributed by atoms with van der Waals surface area (Å²) in [4.78, 5) is 17.9. The van der Waals surface area contributed by atoms with Crippen molar-refractivity contribution in [1.82, 2.24) is 9.88 Å². The largest absolute Gasteiger partial charge is 0.443 e. The Labute approximate surface area is 147 Å². The Morgan fingerprint density at radius 3 is 2.79 bits per heavy atom. The molecule has 6 nitrogen and oxygen atoms in total. The Morgan fingerprint density at radius 2 is 2.25 bits per heavy atom. The van der Waals surface area contributed by atoms with Gasteiger partial charge >= 0.3 is 11.3 Å². The lowest BCUT2D eigenvalue weighted by molar-refractivity contribution is -0.373. The van der Waals surface area contributed by atoms with Gasteiger partial charge in [0.05, 0.1) is 19.3 Å². The van der Waals surface area contributed by atoms with Gasteiger partial charge in [0.2, 0.25) is 11.9 Å². The van der Waals surface area contributed by atoms with Gasteiger partial charge in [0.15, 0.2) is 5.70 Å². The highest BCUT2D eigenvalue weighted by molar-refractivity contribution is 6.69. The standard InChI is InChI=1S/C17H23ClN3O3/c1-4-7-17(2,3)24-16(23)20(9-10-22)14-12-21(15(14)18)13-6-5-8-19-11-13/h5-6,8,11-12,22H,4,7,9-10H2,1-3H3/q+1. The van der Waals surface area contributed by atoms with Crippen molar-refractivity contribution in [3.8, 4) is 0 Å². The fraction of sp³-hybridized carbons (Fsp3) is 0.471. The maximum Gasteiger partial charge on any atom is 0.415 e. The van der Waals surface area contributed by atoms with Gasteiger partial charge in [-0.2, -0.15) is 0 Å². The van der Waals surface area contributed by atoms with Gasteiger partial charge in [0, 0.05) is 12.3 Å². The summed E-state index contributed by atoms with van der Waals surface area (Å²) in [5.41, 5.74) is 0.751. The van der Waals surface area contributed by atoms with E-state index in [1.165, 1.54) is 4.90 Å². The van der Waals surface area contributed by atoms with E-state index in [-0.39, 0.29) is 13.2 Å². The van der Waals surface area contributed by atoms with Crippen molar-refractivity contribution in [2.24, 2.45) is 0 Å². The fourth-order valence-electron chi connectivity index (χ4n) is 2.51. The number of aliphatic hydroxyl groups is 1. The van der Waals surface area contributed by atoms with Crippen LogP contribution in [0.2, 0.25) is 0 Å². The van der Waals surface area contributed by atoms with Crippen molar-refractivity contribution in [2.45, 2.75) is 39.2 Å². The smallest absolute Gasteiger partial charge is 0.415 e. The topological polar surface area (TPSA) is 65.7 Å². The van der Waals surface area contributed by atoms with Gasteiger partial charge in [-0.1, -0.05) is 13.3 Å². The number of hydrogen-bond acceptors (Lipinski definition) is 4. The van der Waals surface area contributed by atoms with Crippen LogP contribution in [0.4, 0.5) is 10.5 Å². The normalized spacial score (nSPS) is 14.1. The molecule has 0 radical (unpaired) electrons. The SMILES string of the molecule is CCCC(C)(C)OC(=O)N(CCO)C1=C[N+](c2cccnc2)=C1Cl. The molecular weight excluding hydrogens is 330 g/mol. The zero-order valence-electron chi connectivity index (χ0n) is 14.2. The van der Waals surface area contributed by atoms with E-state index >= 15 is 0 Å². The molecular formula is C17H23ClN3O3+. The molecule has 0 unspecified atom stereocenters. The van der Waals surface area contributed by atoms with Crippen LogP contribution in [0.3, 0.4) is 0 Å². The Hall–Kier alpha value is -1.92. The first-order valence-electron chi connectivity index (χ1n) is 7.95. The number of ether oxygens (including phenoxy) is 1. The monoisotopic (exact) mass is 352 g/mol. The van der Waals surface area contributed by atoms with Crippen LogP contribution in [-0.4, -0.2) is 49.6 Å². The van der Waals surface area contributed by atoms with E-state index < -0.39 is 11.7 Å². The third kappa shape index (κ3) is 4.13. The molecule has 0 aromatic carbocycles. The molecule has 2 heterocycles. The minimum absolute atomic E-state index is 0.115. The van der Waals surface area contributed by atoms with Crippen molar-refractivity contribution in [3.05, 3.63) is 36.4 Å². The third-order valence-corrected chi connectivity index (χ3v) is 4.02. The summed E-state index contributed by atoms with van der Waals surface area (Å²) in [6.07, 6.45) is 6.22. The van der Waals surface area contributed by atoms with Crippen LogP contribution in [0.1, 0.15) is 33.6 Å². The van der Waals surface area contributed by atoms with E-state index in [1.807, 2.05) is 26.8 Å². The molecule has 0 saturated heterocycles. The molecule has 0 atom stereocenters. The molecule has 0 saturated carbocycles. The highest BCUT2D eigenvalue weighted by Gasteiger charge is 2.39. The lowest BCUT2D eigenvalue weighted by atomic mass is 10.0. The number of pyridine rings is 1. The Bertz CT molecular complexity index is 656. The van der Waals surface area contributed by atoms with Crippen molar-refractivity contribution in [1.29, 1.82) is 0 Å². The van der Waals surface area contributed by atoms with E-state index in [9.17, 15) is 9.90 Å². The van der Waals surface area contributed by atoms with Gasteiger partial charge in [-0.25, -0.2) is 4.79 Å². The van der Waals surface area contributed by atoms with E-state index in [0.717, 1.165) is 18.5 Å². The van der Waals surface area contributed by atoms with Crippen LogP contribution in [0.15, 0.2) is 36.4 Å². The van der Waals surface area contributed by atoms with Crippen LogP contribution in [0.25, 0.3) is 0 Å². The number of aliphatic hydroxyl groups excluding tert-OH is 1. The van der Waals surface area contributed by atoms with Gasteiger partial charge < -0.3 is 9.84 Å². The average molecular weight is 353 g/mol. The lowest BCUT2D eigenvalue weighted by Gasteiger charge is -2.30. The first-order chi connectivity index (χ1) is 11.4. The summed E-state index contributed by atoms with van der Waals surface area (Å²) in [6.45, 7) is 5.70. The molecule has 1 aromatic rings. The van der Waals surface area contributed by atoms with Gasteiger partial charge in [0.25, 0.3) is 0 Å². The van der Waals surface area contributed by atoms with Gasteiger partial charge in [-0.05, 0) is 37.9 Å². The highest BCUT2D eigenvalue weighted by Crippen LogP contribution is 2.27. The summed E-state index contributed by atoms with van der Waals surface area (Å²) < 4.78 is 7.29. The van der Waals surface area contributed by atoms with Crippen LogP contribution >= 0.6 is 11.6 Å². The summed E-state index contributed by atoms with van der Waals surface area (Å²) in [6, 6.07) is 3.67. The van der Waals surface area contributed by atoms with E-state index in [2.05, 4.69) is 4.98 Å². The minimum Gasteiger partial charge on any atom is -0.443 e. The van der Waals surface area contributed by atoms with Crippen LogP contribution in [-0.2, 0) is 4.74 Å². The van der Waals surface area contributed by atoms with Gasteiger partial charge in [0.1, 0.15) is 5.60 Å². The van der Waals surface area contributed by atoms with E-state index in [1.54, 1.807) is 29.2 Å². The third-order valence-electron chi connectivity index (χ3n) is 3.65. The van der Waals surface area contributed by atoms with Crippen molar-refractivity contribution >= 4 is 28.6 Å². The molecule has 0 aliphatic carbocycles. The molecule has 2 rings (SSSR count). The molecule has 130 valence electrons. The second-order valence-corrected chi connectivity index (χ2v) is 6.50. The molecule has 1 aromatic heterocycles. The van der Waals surface area contributed by atoms with Crippen molar-refractivity contribution < 1.29 is 19.2 Å². The summed E-state index contributed by atoms with van der Waals surface area (Å²) >= 11 is 6.34. The number of allylic oxidation sites excluding steroid dienone is 1. The average Bonchev–Trinajstić information content (AvgIpc) is 2.53. The fourth-order valence-corrected chi connectivity index (χ4v) is 2.81. The molecule has 0 fully saturated rings. The maximum absolute atomic E-state index is 12.5. The first-order valence-corrected chi connectivity index (χ1v) is 8.32. The second-order valence-electron chi connectivity index (χ2n) is 6.14. The van der Waals surface area contributed by atoms with Crippen LogP contribution in [0, 0.1) is 0 Å². The van der Waals surface area contributed by atoms with E-state index in [0.29, 0.717) is 10.9 Å². The summed E-state index contributed by atoms with van der Waals surface area (Å²) in [5.74, 6) is 0. The van der Waals surface area contributed by atoms with Gasteiger partial charge in [-0.3, -0.25) is 9.88 Å². The number of rotatable bonds is 7. The molecule has 1 aliphatic heterocycles. The van der Waals surface area contributed by atoms with Crippen molar-refractivity contribution in [2.75, 3.05) is 13.2 Å². The van der Waals surface area contributed by atoms with E-state index in [4.69, 9.17) is 16.3 Å². The predicted octanol–water partition coefficient (Wildman–Crippen LogP) is 3.23. The molecule has 1 N–H and O–H groups in total. The Balaban J connectivity index is 2.14. The number of carbonyl (C=O) groups is 1. The number of hydrogen-bond donors (Lipinski definition) is 1. The quantitative estimate of drug-likeness (QED) is 0.765. The molecule has 0 spiro atoms. The molecule has 1 amide bonds. The Kier molecular flexibility index (Phi) is 5.96. The van der Waals surface area contributed by atoms with Crippen LogP contribution in [0.5, 0.6) is 0 Å². The summed E-state index contributed by atoms with van der Waals surface area (Å²) in [7, 11) is 0. The number of carbonyl (C=O) groups excluding carboxylic acids is 1. The molecule has 1 aliphatic rings. The first kappa shape index (κ1) is 18.4. The van der Waals surface area contributed by atoms with Crippen molar-refractivity contribution in [3.63, 3.8) is 0 Å². The minimum atomic E-state index is -0.570. The number of nitrogens with zero attached hydrogens (tertiary/aromatic N) is 3. The zero-order valence-corrected chi connectivity index (χ0v) is 15.0. The molecule has 0 bridgehead atoms.